The van der Waals surface area contributed by atoms with Gasteiger partial charge in [-0.3, -0.25) is 4.79 Å². The van der Waals surface area contributed by atoms with E-state index in [4.69, 9.17) is 9.47 Å². The average Bonchev–Trinajstić information content (AvgIpc) is 2.35. The minimum absolute atomic E-state index is 0.156. The van der Waals surface area contributed by atoms with Crippen LogP contribution >= 0.6 is 0 Å². The SMILES string of the molecule is CC(C)OC1CCC(OCCCC(=O)C(C)C)CC1. The summed E-state index contributed by atoms with van der Waals surface area (Å²) in [5.74, 6) is 0.501. The second-order valence-electron chi connectivity index (χ2n) is 6.18. The van der Waals surface area contributed by atoms with Crippen molar-refractivity contribution in [1.29, 1.82) is 0 Å². The highest BCUT2D eigenvalue weighted by Gasteiger charge is 2.22. The van der Waals surface area contributed by atoms with Crippen LogP contribution in [0.2, 0.25) is 0 Å². The van der Waals surface area contributed by atoms with E-state index in [-0.39, 0.29) is 5.92 Å². The van der Waals surface area contributed by atoms with Gasteiger partial charge in [-0.15, -0.1) is 0 Å². The highest BCUT2D eigenvalue weighted by atomic mass is 16.5. The van der Waals surface area contributed by atoms with E-state index in [1.807, 2.05) is 13.8 Å². The maximum Gasteiger partial charge on any atom is 0.135 e. The molecule has 0 spiro atoms. The van der Waals surface area contributed by atoms with E-state index in [1.54, 1.807) is 0 Å². The van der Waals surface area contributed by atoms with Gasteiger partial charge in [0.05, 0.1) is 18.3 Å². The van der Waals surface area contributed by atoms with Crippen LogP contribution in [0.5, 0.6) is 0 Å². The van der Waals surface area contributed by atoms with Crippen molar-refractivity contribution < 1.29 is 14.3 Å². The van der Waals surface area contributed by atoms with Gasteiger partial charge in [0.1, 0.15) is 5.78 Å². The smallest absolute Gasteiger partial charge is 0.135 e. The van der Waals surface area contributed by atoms with Crippen LogP contribution in [-0.2, 0) is 14.3 Å². The molecule has 1 saturated carbocycles. The molecule has 0 radical (unpaired) electrons. The van der Waals surface area contributed by atoms with Gasteiger partial charge in [0.15, 0.2) is 0 Å². The van der Waals surface area contributed by atoms with Gasteiger partial charge in [0, 0.05) is 18.9 Å². The first-order valence-electron chi connectivity index (χ1n) is 7.78. The molecule has 3 nitrogen and oxygen atoms in total. The molecule has 1 aliphatic carbocycles. The highest BCUT2D eigenvalue weighted by Crippen LogP contribution is 2.24. The molecule has 0 saturated heterocycles. The Morgan fingerprint density at radius 1 is 1.05 bits per heavy atom. The fourth-order valence-electron chi connectivity index (χ4n) is 2.50. The lowest BCUT2D eigenvalue weighted by molar-refractivity contribution is -0.122. The van der Waals surface area contributed by atoms with Gasteiger partial charge in [-0.1, -0.05) is 13.8 Å². The molecule has 1 fully saturated rings. The van der Waals surface area contributed by atoms with Gasteiger partial charge < -0.3 is 9.47 Å². The fraction of sp³-hybridized carbons (Fsp3) is 0.938. The molecule has 1 rings (SSSR count). The summed E-state index contributed by atoms with van der Waals surface area (Å²) >= 11 is 0. The second-order valence-corrected chi connectivity index (χ2v) is 6.18. The lowest BCUT2D eigenvalue weighted by Crippen LogP contribution is -2.28. The minimum Gasteiger partial charge on any atom is -0.378 e. The third kappa shape index (κ3) is 7.07. The molecule has 0 unspecified atom stereocenters. The Kier molecular flexibility index (Phi) is 7.62. The Labute approximate surface area is 118 Å². The zero-order chi connectivity index (χ0) is 14.3. The van der Waals surface area contributed by atoms with E-state index in [1.165, 1.54) is 0 Å². The summed E-state index contributed by atoms with van der Waals surface area (Å²) in [5.41, 5.74) is 0. The van der Waals surface area contributed by atoms with Crippen LogP contribution in [0.1, 0.15) is 66.2 Å². The zero-order valence-corrected chi connectivity index (χ0v) is 13.0. The van der Waals surface area contributed by atoms with Crippen molar-refractivity contribution in [3.8, 4) is 0 Å². The van der Waals surface area contributed by atoms with Gasteiger partial charge in [0.2, 0.25) is 0 Å². The quantitative estimate of drug-likeness (QED) is 0.630. The van der Waals surface area contributed by atoms with E-state index >= 15 is 0 Å². The summed E-state index contributed by atoms with van der Waals surface area (Å²) < 4.78 is 11.7. The standard InChI is InChI=1S/C16H30O3/c1-12(2)16(17)6-5-11-18-14-7-9-15(10-8-14)19-13(3)4/h12-15H,5-11H2,1-4H3. The minimum atomic E-state index is 0.156. The predicted octanol–water partition coefficient (Wildman–Crippen LogP) is 3.74. The van der Waals surface area contributed by atoms with Crippen molar-refractivity contribution in [1.82, 2.24) is 0 Å². The monoisotopic (exact) mass is 270 g/mol. The van der Waals surface area contributed by atoms with Gasteiger partial charge >= 0.3 is 0 Å². The number of hydrogen-bond acceptors (Lipinski definition) is 3. The molecule has 0 heterocycles. The molecule has 0 aliphatic heterocycles. The van der Waals surface area contributed by atoms with Crippen LogP contribution < -0.4 is 0 Å². The van der Waals surface area contributed by atoms with Crippen molar-refractivity contribution in [2.45, 2.75) is 84.5 Å². The van der Waals surface area contributed by atoms with Crippen molar-refractivity contribution in [3.63, 3.8) is 0 Å². The van der Waals surface area contributed by atoms with E-state index in [0.29, 0.717) is 30.5 Å². The van der Waals surface area contributed by atoms with Crippen LogP contribution in [-0.4, -0.2) is 30.7 Å². The first kappa shape index (κ1) is 16.6. The first-order valence-corrected chi connectivity index (χ1v) is 7.78. The van der Waals surface area contributed by atoms with Gasteiger partial charge in [0.25, 0.3) is 0 Å². The van der Waals surface area contributed by atoms with E-state index in [0.717, 1.165) is 38.7 Å². The molecule has 0 amide bonds. The summed E-state index contributed by atoms with van der Waals surface area (Å²) in [7, 11) is 0. The summed E-state index contributed by atoms with van der Waals surface area (Å²) in [5, 5.41) is 0. The fourth-order valence-corrected chi connectivity index (χ4v) is 2.50. The third-order valence-electron chi connectivity index (χ3n) is 3.65. The number of Topliss-reactive ketones (excluding diaryl/α,β-unsaturated/α-hetero) is 1. The Bertz CT molecular complexity index is 253. The molecule has 0 N–H and O–H groups in total. The molecule has 112 valence electrons. The molecule has 0 aromatic heterocycles. The third-order valence-corrected chi connectivity index (χ3v) is 3.65. The Balaban J connectivity index is 2.05. The van der Waals surface area contributed by atoms with Gasteiger partial charge in [-0.25, -0.2) is 0 Å². The highest BCUT2D eigenvalue weighted by molar-refractivity contribution is 5.80. The van der Waals surface area contributed by atoms with E-state index in [9.17, 15) is 4.79 Å². The molecule has 0 aromatic rings. The predicted molar refractivity (Wildman–Crippen MR) is 77.3 cm³/mol. The molecule has 19 heavy (non-hydrogen) atoms. The van der Waals surface area contributed by atoms with Crippen LogP contribution in [0.3, 0.4) is 0 Å². The van der Waals surface area contributed by atoms with Crippen molar-refractivity contribution in [2.24, 2.45) is 5.92 Å². The number of ether oxygens (including phenoxy) is 2. The van der Waals surface area contributed by atoms with Crippen molar-refractivity contribution in [2.75, 3.05) is 6.61 Å². The van der Waals surface area contributed by atoms with Crippen LogP contribution in [0.15, 0.2) is 0 Å². The van der Waals surface area contributed by atoms with Crippen LogP contribution in [0, 0.1) is 5.92 Å². The molecular formula is C16H30O3. The molecule has 3 heteroatoms. The number of carbonyl (C=O) groups excluding carboxylic acids is 1. The first-order chi connectivity index (χ1) is 8.99. The largest absolute Gasteiger partial charge is 0.378 e. The van der Waals surface area contributed by atoms with Gasteiger partial charge in [-0.2, -0.15) is 0 Å². The van der Waals surface area contributed by atoms with Gasteiger partial charge in [-0.05, 0) is 46.0 Å². The molecular weight excluding hydrogens is 240 g/mol. The lowest BCUT2D eigenvalue weighted by atomic mass is 9.95. The van der Waals surface area contributed by atoms with Crippen molar-refractivity contribution in [3.05, 3.63) is 0 Å². The molecule has 0 aromatic carbocycles. The number of ketones is 1. The molecule has 1 aliphatic rings. The Morgan fingerprint density at radius 3 is 2.16 bits per heavy atom. The maximum absolute atomic E-state index is 11.5. The zero-order valence-electron chi connectivity index (χ0n) is 13.0. The lowest BCUT2D eigenvalue weighted by Gasteiger charge is -2.29. The average molecular weight is 270 g/mol. The Morgan fingerprint density at radius 2 is 1.63 bits per heavy atom. The number of hydrogen-bond donors (Lipinski definition) is 0. The van der Waals surface area contributed by atoms with Crippen LogP contribution in [0.25, 0.3) is 0 Å². The van der Waals surface area contributed by atoms with Crippen LogP contribution in [0.4, 0.5) is 0 Å². The summed E-state index contributed by atoms with van der Waals surface area (Å²) in [6.45, 7) is 8.82. The summed E-state index contributed by atoms with van der Waals surface area (Å²) in [4.78, 5) is 11.5. The normalized spacial score (nSPS) is 24.1. The Hall–Kier alpha value is -0.410. The summed E-state index contributed by atoms with van der Waals surface area (Å²) in [6.07, 6.45) is 7.03. The maximum atomic E-state index is 11.5. The molecule has 0 atom stereocenters. The molecule has 0 bridgehead atoms. The van der Waals surface area contributed by atoms with E-state index < -0.39 is 0 Å². The second kappa shape index (κ2) is 8.70. The van der Waals surface area contributed by atoms with Crippen molar-refractivity contribution >= 4 is 5.78 Å². The topological polar surface area (TPSA) is 35.5 Å². The summed E-state index contributed by atoms with van der Waals surface area (Å²) in [6, 6.07) is 0. The number of carbonyl (C=O) groups is 1. The number of rotatable bonds is 8. The van der Waals surface area contributed by atoms with E-state index in [2.05, 4.69) is 13.8 Å².